The molecule has 1 aromatic heterocycles. The van der Waals surface area contributed by atoms with Crippen LogP contribution in [0.2, 0.25) is 0 Å². The zero-order chi connectivity index (χ0) is 15.4. The largest absolute Gasteiger partial charge is 0.464 e. The third-order valence-corrected chi connectivity index (χ3v) is 5.45. The lowest BCUT2D eigenvalue weighted by Gasteiger charge is -2.29. The average Bonchev–Trinajstić information content (AvgIpc) is 3.01. The van der Waals surface area contributed by atoms with Gasteiger partial charge < -0.3 is 9.64 Å². The number of ether oxygens (including phenoxy) is 1. The molecule has 2 atom stereocenters. The predicted octanol–water partition coefficient (Wildman–Crippen LogP) is 2.69. The first-order valence-corrected chi connectivity index (χ1v) is 7.91. The van der Waals surface area contributed by atoms with Crippen LogP contribution in [-0.2, 0) is 9.53 Å². The summed E-state index contributed by atoms with van der Waals surface area (Å²) in [5, 5.41) is 11.7. The fourth-order valence-electron chi connectivity index (χ4n) is 3.25. The molecule has 3 heterocycles. The van der Waals surface area contributed by atoms with Gasteiger partial charge in [-0.05, 0) is 18.4 Å². The normalized spacial score (nSPS) is 23.1. The smallest absolute Gasteiger partial charge is 0.345 e. The third-order valence-electron chi connectivity index (χ3n) is 4.17. The second-order valence-electron chi connectivity index (χ2n) is 5.33. The van der Waals surface area contributed by atoms with E-state index < -0.39 is 24.1 Å². The Bertz CT molecular complexity index is 787. The second kappa shape index (κ2) is 4.69. The molecule has 2 aliphatic heterocycles. The van der Waals surface area contributed by atoms with Crippen LogP contribution in [0.3, 0.4) is 0 Å². The lowest BCUT2D eigenvalue weighted by Crippen LogP contribution is -2.38. The van der Waals surface area contributed by atoms with Crippen LogP contribution < -0.4 is 0 Å². The van der Waals surface area contributed by atoms with Gasteiger partial charge in [-0.1, -0.05) is 18.2 Å². The molecule has 0 spiro atoms. The van der Waals surface area contributed by atoms with Crippen molar-refractivity contribution in [1.29, 1.82) is 0 Å². The molecule has 1 aromatic carbocycles. The van der Waals surface area contributed by atoms with Crippen LogP contribution in [0.15, 0.2) is 24.3 Å². The van der Waals surface area contributed by atoms with E-state index in [1.807, 2.05) is 24.3 Å². The highest BCUT2D eigenvalue weighted by molar-refractivity contribution is 7.19. The van der Waals surface area contributed by atoms with Crippen molar-refractivity contribution in [3.63, 3.8) is 0 Å². The fraction of sp³-hybridized carbons (Fsp3) is 0.333. The van der Waals surface area contributed by atoms with Crippen LogP contribution in [0.5, 0.6) is 0 Å². The Balaban J connectivity index is 1.96. The minimum absolute atomic E-state index is 0.251. The second-order valence-corrected chi connectivity index (χ2v) is 6.41. The van der Waals surface area contributed by atoms with E-state index in [0.29, 0.717) is 6.54 Å². The Labute approximate surface area is 130 Å². The van der Waals surface area contributed by atoms with Crippen molar-refractivity contribution in [1.82, 2.24) is 9.96 Å². The van der Waals surface area contributed by atoms with Gasteiger partial charge in [-0.15, -0.1) is 11.3 Å². The Morgan fingerprint density at radius 3 is 3.00 bits per heavy atom. The first-order valence-electron chi connectivity index (χ1n) is 7.10. The van der Waals surface area contributed by atoms with Gasteiger partial charge in [0.25, 0.3) is 0 Å². The molecule has 2 bridgehead atoms. The zero-order valence-corrected chi connectivity index (χ0v) is 12.7. The molecule has 7 heteroatoms. The molecule has 22 heavy (non-hydrogen) atoms. The van der Waals surface area contributed by atoms with E-state index in [4.69, 9.17) is 4.74 Å². The van der Waals surface area contributed by atoms with Crippen LogP contribution in [0.25, 0.3) is 10.1 Å². The molecule has 0 saturated carbocycles. The minimum Gasteiger partial charge on any atom is -0.464 e. The zero-order valence-electron chi connectivity index (χ0n) is 11.9. The van der Waals surface area contributed by atoms with Gasteiger partial charge in [-0.3, -0.25) is 5.21 Å². The summed E-state index contributed by atoms with van der Waals surface area (Å²) in [7, 11) is 0. The highest BCUT2D eigenvalue weighted by atomic mass is 32.1. The number of rotatable bonds is 2. The summed E-state index contributed by atoms with van der Waals surface area (Å²) in [6.45, 7) is 2.29. The molecule has 0 radical (unpaired) electrons. The quantitative estimate of drug-likeness (QED) is 0.683. The molecule has 0 aliphatic carbocycles. The lowest BCUT2D eigenvalue weighted by atomic mass is 9.95. The molecular formula is C15H14N2O4S. The van der Waals surface area contributed by atoms with E-state index in [9.17, 15) is 14.8 Å². The SMILES string of the molecule is CCOC(=O)[C@@H]1c2c(sc3ccccc23)[C@H]2CN1C(=O)N2O. The number of thiophene rings is 1. The molecule has 1 saturated heterocycles. The Hall–Kier alpha value is -2.12. The first kappa shape index (κ1) is 13.5. The number of esters is 1. The van der Waals surface area contributed by atoms with Crippen molar-refractivity contribution in [3.8, 4) is 0 Å². The van der Waals surface area contributed by atoms with Crippen molar-refractivity contribution >= 4 is 33.4 Å². The summed E-state index contributed by atoms with van der Waals surface area (Å²) in [5.74, 6) is -0.450. The van der Waals surface area contributed by atoms with Crippen molar-refractivity contribution in [3.05, 3.63) is 34.7 Å². The van der Waals surface area contributed by atoms with Crippen LogP contribution >= 0.6 is 11.3 Å². The molecule has 2 aromatic rings. The summed E-state index contributed by atoms with van der Waals surface area (Å²) in [4.78, 5) is 26.9. The summed E-state index contributed by atoms with van der Waals surface area (Å²) < 4.78 is 6.20. The van der Waals surface area contributed by atoms with Crippen LogP contribution in [-0.4, -0.2) is 40.3 Å². The first-order chi connectivity index (χ1) is 10.6. The Morgan fingerprint density at radius 2 is 2.23 bits per heavy atom. The standard InChI is InChI=1S/C15H14N2O4S/c1-2-21-14(18)12-11-8-5-3-4-6-10(8)22-13(11)9-7-16(12)15(19)17(9)20/h3-6,9,12,20H,2,7H2,1H3/t9-,12+/m1/s1. The number of fused-ring (bicyclic) bond motifs is 6. The molecule has 2 aliphatic rings. The molecule has 1 fully saturated rings. The molecular weight excluding hydrogens is 304 g/mol. The number of carbonyl (C=O) groups excluding carboxylic acids is 2. The van der Waals surface area contributed by atoms with Gasteiger partial charge in [0.2, 0.25) is 0 Å². The fourth-order valence-corrected chi connectivity index (χ4v) is 4.57. The predicted molar refractivity (Wildman–Crippen MR) is 79.7 cm³/mol. The number of benzene rings is 1. The monoisotopic (exact) mass is 318 g/mol. The van der Waals surface area contributed by atoms with Gasteiger partial charge in [0, 0.05) is 15.1 Å². The van der Waals surface area contributed by atoms with Crippen molar-refractivity contribution < 1.29 is 19.5 Å². The van der Waals surface area contributed by atoms with Crippen LogP contribution in [0.1, 0.15) is 29.4 Å². The van der Waals surface area contributed by atoms with Crippen LogP contribution in [0.4, 0.5) is 4.79 Å². The van der Waals surface area contributed by atoms with Gasteiger partial charge in [-0.25, -0.2) is 9.59 Å². The molecule has 4 rings (SSSR count). The van der Waals surface area contributed by atoms with Gasteiger partial charge in [-0.2, -0.15) is 5.06 Å². The number of nitrogens with zero attached hydrogens (tertiary/aromatic N) is 2. The summed E-state index contributed by atoms with van der Waals surface area (Å²) in [6, 6.07) is 6.02. The van der Waals surface area contributed by atoms with E-state index in [0.717, 1.165) is 25.6 Å². The number of hydrogen-bond acceptors (Lipinski definition) is 5. The Morgan fingerprint density at radius 1 is 1.45 bits per heavy atom. The summed E-state index contributed by atoms with van der Waals surface area (Å²) >= 11 is 1.52. The minimum atomic E-state index is -0.785. The van der Waals surface area contributed by atoms with Gasteiger partial charge in [0.05, 0.1) is 13.2 Å². The van der Waals surface area contributed by atoms with E-state index in [1.165, 1.54) is 16.2 Å². The summed E-state index contributed by atoms with van der Waals surface area (Å²) in [5.41, 5.74) is 0.792. The van der Waals surface area contributed by atoms with Crippen molar-refractivity contribution in [2.24, 2.45) is 0 Å². The number of amides is 2. The molecule has 1 N–H and O–H groups in total. The summed E-state index contributed by atoms with van der Waals surface area (Å²) in [6.07, 6.45) is 0. The number of hydrogen-bond donors (Lipinski definition) is 1. The molecule has 0 unspecified atom stereocenters. The number of hydroxylamine groups is 2. The maximum absolute atomic E-state index is 12.4. The number of urea groups is 1. The lowest BCUT2D eigenvalue weighted by molar-refractivity contribution is -0.148. The highest BCUT2D eigenvalue weighted by Crippen LogP contribution is 2.50. The van der Waals surface area contributed by atoms with Gasteiger partial charge in [0.15, 0.2) is 6.04 Å². The maximum Gasteiger partial charge on any atom is 0.345 e. The van der Waals surface area contributed by atoms with Crippen molar-refractivity contribution in [2.75, 3.05) is 13.2 Å². The third kappa shape index (κ3) is 1.63. The topological polar surface area (TPSA) is 70.1 Å². The molecule has 2 amide bonds. The maximum atomic E-state index is 12.4. The molecule has 6 nitrogen and oxygen atoms in total. The van der Waals surface area contributed by atoms with E-state index in [1.54, 1.807) is 6.92 Å². The highest BCUT2D eigenvalue weighted by Gasteiger charge is 2.52. The van der Waals surface area contributed by atoms with Gasteiger partial charge in [0.1, 0.15) is 6.04 Å². The van der Waals surface area contributed by atoms with E-state index in [-0.39, 0.29) is 6.61 Å². The average molecular weight is 318 g/mol. The van der Waals surface area contributed by atoms with Gasteiger partial charge >= 0.3 is 12.0 Å². The van der Waals surface area contributed by atoms with E-state index in [2.05, 4.69) is 0 Å². The van der Waals surface area contributed by atoms with E-state index >= 15 is 0 Å². The molecule has 114 valence electrons. The van der Waals surface area contributed by atoms with Crippen molar-refractivity contribution in [2.45, 2.75) is 19.0 Å². The Kier molecular flexibility index (Phi) is 2.88. The number of carbonyl (C=O) groups is 2. The van der Waals surface area contributed by atoms with Crippen LogP contribution in [0, 0.1) is 0 Å².